The fourth-order valence-electron chi connectivity index (χ4n) is 12.6. The lowest BCUT2D eigenvalue weighted by Gasteiger charge is -2.60. The zero-order valence-electron chi connectivity index (χ0n) is 29.6. The van der Waals surface area contributed by atoms with Gasteiger partial charge in [-0.15, -0.1) is 0 Å². The number of fused-ring (bicyclic) bond motifs is 2. The molecule has 47 heavy (non-hydrogen) atoms. The molecule has 3 heterocycles. The van der Waals surface area contributed by atoms with E-state index < -0.39 is 22.2 Å². The van der Waals surface area contributed by atoms with Crippen molar-refractivity contribution in [2.45, 2.75) is 117 Å². The Morgan fingerprint density at radius 2 is 1.98 bits per heavy atom. The first-order valence-electron chi connectivity index (χ1n) is 19.0. The van der Waals surface area contributed by atoms with Crippen molar-refractivity contribution in [1.29, 1.82) is 0 Å². The molecule has 0 radical (unpaired) electrons. The van der Waals surface area contributed by atoms with Crippen LogP contribution in [-0.2, 0) is 20.9 Å². The molecule has 7 heteroatoms. The molecule has 0 spiro atoms. The van der Waals surface area contributed by atoms with Crippen LogP contribution in [0.5, 0.6) is 0 Å². The summed E-state index contributed by atoms with van der Waals surface area (Å²) in [4.78, 5) is 37.3. The van der Waals surface area contributed by atoms with Gasteiger partial charge in [0.05, 0.1) is 23.3 Å². The second-order valence-corrected chi connectivity index (χ2v) is 16.9. The highest BCUT2D eigenvalue weighted by atomic mass is 16.5. The molecule has 0 amide bonds. The summed E-state index contributed by atoms with van der Waals surface area (Å²) >= 11 is 0. The Morgan fingerprint density at radius 3 is 2.64 bits per heavy atom. The summed E-state index contributed by atoms with van der Waals surface area (Å²) in [7, 11) is 2.23. The minimum atomic E-state index is -1.16. The van der Waals surface area contributed by atoms with Gasteiger partial charge in [-0.3, -0.25) is 14.7 Å². The lowest BCUT2D eigenvalue weighted by molar-refractivity contribution is -0.197. The van der Waals surface area contributed by atoms with Crippen LogP contribution in [0.15, 0.2) is 36.0 Å². The minimum absolute atomic E-state index is 0.0932. The second kappa shape index (κ2) is 12.7. The topological polar surface area (TPSA) is 83.0 Å². The van der Waals surface area contributed by atoms with Crippen LogP contribution in [0, 0.1) is 51.8 Å². The third-order valence-electron chi connectivity index (χ3n) is 14.6. The average Bonchev–Trinajstić information content (AvgIpc) is 3.77. The van der Waals surface area contributed by atoms with Crippen molar-refractivity contribution in [3.63, 3.8) is 0 Å². The number of carbonyl (C=O) groups is 2. The summed E-state index contributed by atoms with van der Waals surface area (Å²) in [6, 6.07) is 6.70. The van der Waals surface area contributed by atoms with Crippen molar-refractivity contribution < 1.29 is 19.4 Å². The average molecular weight is 646 g/mol. The van der Waals surface area contributed by atoms with Gasteiger partial charge in [0.1, 0.15) is 11.7 Å². The monoisotopic (exact) mass is 645 g/mol. The molecule has 1 N–H and O–H groups in total. The van der Waals surface area contributed by atoms with E-state index in [1.54, 1.807) is 0 Å². The standard InChI is InChI=1S/C40H59N3O4/c1-6-7-10-28-19-36(47-35(28)24-43-17-14-31(15-18-43)42(5)23-30-11-8-9-16-41-30)39-22-32-27(4)12-13-33(32)38(25-44)21-29(39)20-34(26(2)3)40(38,39)37(45)46/h8-9,11,16,20,25-29,31-33,35-36H,6-7,10,12-15,17-19,21-24H2,1-5H3,(H,45,46)/t27-,28?,29?,32-,33-,35?,36?,38?,39?,40?/m1/s1. The van der Waals surface area contributed by atoms with Crippen LogP contribution < -0.4 is 0 Å². The van der Waals surface area contributed by atoms with Crippen LogP contribution in [0.2, 0.25) is 0 Å². The first kappa shape index (κ1) is 33.4. The quantitative estimate of drug-likeness (QED) is 0.196. The van der Waals surface area contributed by atoms with Crippen molar-refractivity contribution in [2.24, 2.45) is 51.8 Å². The highest BCUT2D eigenvalue weighted by Crippen LogP contribution is 2.84. The van der Waals surface area contributed by atoms with Crippen molar-refractivity contribution in [1.82, 2.24) is 14.8 Å². The zero-order valence-corrected chi connectivity index (χ0v) is 29.6. The Kier molecular flexibility index (Phi) is 9.00. The number of hydrogen-bond acceptors (Lipinski definition) is 6. The molecule has 1 aromatic heterocycles. The van der Waals surface area contributed by atoms with Crippen LogP contribution in [0.4, 0.5) is 0 Å². The number of aromatic nitrogens is 1. The highest BCUT2D eigenvalue weighted by molar-refractivity contribution is 5.90. The van der Waals surface area contributed by atoms with Gasteiger partial charge in [0.15, 0.2) is 0 Å². The summed E-state index contributed by atoms with van der Waals surface area (Å²) in [6.07, 6.45) is 15.7. The molecule has 2 saturated heterocycles. The second-order valence-electron chi connectivity index (χ2n) is 16.9. The van der Waals surface area contributed by atoms with Gasteiger partial charge in [-0.05, 0) is 113 Å². The summed E-state index contributed by atoms with van der Waals surface area (Å²) in [6.45, 7) is 12.8. The molecule has 10 atom stereocenters. The number of piperidine rings is 1. The molecule has 7 nitrogen and oxygen atoms in total. The molecule has 1 aromatic rings. The molecular weight excluding hydrogens is 586 g/mol. The van der Waals surface area contributed by atoms with Gasteiger partial charge >= 0.3 is 5.97 Å². The third kappa shape index (κ3) is 4.86. The Labute approximate surface area is 282 Å². The van der Waals surface area contributed by atoms with Gasteiger partial charge < -0.3 is 19.5 Å². The number of carbonyl (C=O) groups excluding carboxylic acids is 1. The summed E-state index contributed by atoms with van der Waals surface area (Å²) in [5.41, 5.74) is -0.373. The van der Waals surface area contributed by atoms with E-state index in [0.717, 1.165) is 95.1 Å². The molecule has 0 aromatic carbocycles. The van der Waals surface area contributed by atoms with E-state index in [0.29, 0.717) is 30.2 Å². The van der Waals surface area contributed by atoms with Crippen LogP contribution in [0.1, 0.15) is 97.6 Å². The molecule has 4 aliphatic carbocycles. The Balaban J connectivity index is 1.14. The molecule has 7 rings (SSSR count). The first-order valence-corrected chi connectivity index (χ1v) is 19.0. The van der Waals surface area contributed by atoms with Gasteiger partial charge in [0, 0.05) is 30.7 Å². The van der Waals surface area contributed by atoms with Crippen molar-refractivity contribution >= 4 is 12.3 Å². The lowest BCUT2D eigenvalue weighted by atomic mass is 9.41. The van der Waals surface area contributed by atoms with E-state index in [4.69, 9.17) is 4.74 Å². The number of likely N-dealkylation sites (tertiary alicyclic amines) is 1. The highest BCUT2D eigenvalue weighted by Gasteiger charge is 2.86. The molecule has 6 aliphatic rings. The summed E-state index contributed by atoms with van der Waals surface area (Å²) in [5, 5.41) is 11.5. The number of aliphatic carboxylic acids is 1. The molecule has 258 valence electrons. The number of ether oxygens (including phenoxy) is 1. The Morgan fingerprint density at radius 1 is 1.19 bits per heavy atom. The molecule has 5 fully saturated rings. The number of carboxylic acid groups (broad SMARTS) is 1. The Bertz CT molecular complexity index is 1340. The van der Waals surface area contributed by atoms with E-state index in [2.05, 4.69) is 67.7 Å². The van der Waals surface area contributed by atoms with Gasteiger partial charge in [-0.1, -0.05) is 64.7 Å². The maximum absolute atomic E-state index is 14.1. The lowest BCUT2D eigenvalue weighted by Crippen LogP contribution is -2.65. The van der Waals surface area contributed by atoms with Crippen LogP contribution in [0.3, 0.4) is 0 Å². The normalized spacial score (nSPS) is 41.5. The maximum atomic E-state index is 14.1. The number of hydrogen-bond donors (Lipinski definition) is 1. The van der Waals surface area contributed by atoms with Crippen LogP contribution in [-0.4, -0.2) is 77.1 Å². The summed E-state index contributed by atoms with van der Waals surface area (Å²) in [5.74, 6) is 0.951. The van der Waals surface area contributed by atoms with E-state index in [1.165, 1.54) is 6.42 Å². The number of nitrogens with zero attached hydrogens (tertiary/aromatic N) is 3. The van der Waals surface area contributed by atoms with Gasteiger partial charge in [-0.25, -0.2) is 0 Å². The molecular formula is C40H59N3O4. The number of allylic oxidation sites excluding steroid dienone is 1. The van der Waals surface area contributed by atoms with Gasteiger partial charge in [-0.2, -0.15) is 0 Å². The van der Waals surface area contributed by atoms with E-state index in [9.17, 15) is 14.7 Å². The number of aldehydes is 1. The van der Waals surface area contributed by atoms with Gasteiger partial charge in [0.2, 0.25) is 0 Å². The van der Waals surface area contributed by atoms with Gasteiger partial charge in [0.25, 0.3) is 0 Å². The molecule has 3 saturated carbocycles. The summed E-state index contributed by atoms with van der Waals surface area (Å²) < 4.78 is 7.37. The number of pyridine rings is 1. The third-order valence-corrected chi connectivity index (χ3v) is 14.6. The maximum Gasteiger partial charge on any atom is 0.315 e. The smallest absolute Gasteiger partial charge is 0.315 e. The fourth-order valence-corrected chi connectivity index (χ4v) is 12.6. The predicted molar refractivity (Wildman–Crippen MR) is 183 cm³/mol. The minimum Gasteiger partial charge on any atom is -0.481 e. The SMILES string of the molecule is CCCCC1CC(C23C[C@@H]4[C@H](C)CC[C@H]4C4(C=O)CC2C=C(C(C)C)C34C(=O)O)OC1CN1CCC(N(C)Cc2ccccn2)CC1. The van der Waals surface area contributed by atoms with E-state index >= 15 is 0 Å². The fraction of sp³-hybridized carbons (Fsp3) is 0.775. The van der Waals surface area contributed by atoms with Crippen LogP contribution in [0.25, 0.3) is 0 Å². The van der Waals surface area contributed by atoms with Crippen LogP contribution >= 0.6 is 0 Å². The van der Waals surface area contributed by atoms with Crippen molar-refractivity contribution in [2.75, 3.05) is 26.7 Å². The van der Waals surface area contributed by atoms with E-state index in [1.807, 2.05) is 12.3 Å². The largest absolute Gasteiger partial charge is 0.481 e. The predicted octanol–water partition coefficient (Wildman–Crippen LogP) is 6.87. The van der Waals surface area contributed by atoms with E-state index in [-0.39, 0.29) is 30.0 Å². The first-order chi connectivity index (χ1) is 22.6. The molecule has 7 unspecified atom stereocenters. The number of rotatable bonds is 12. The zero-order chi connectivity index (χ0) is 33.1. The number of unbranched alkanes of at least 4 members (excludes halogenated alkanes) is 1. The Hall–Kier alpha value is -2.09. The van der Waals surface area contributed by atoms with Crippen molar-refractivity contribution in [3.8, 4) is 0 Å². The van der Waals surface area contributed by atoms with Crippen molar-refractivity contribution in [3.05, 3.63) is 41.7 Å². The molecule has 4 bridgehead atoms. The molecule has 2 aliphatic heterocycles. The number of carboxylic acids is 1.